The zero-order valence-electron chi connectivity index (χ0n) is 14.7. The molecule has 0 radical (unpaired) electrons. The Morgan fingerprint density at radius 2 is 2.00 bits per heavy atom. The minimum absolute atomic E-state index is 0.0721. The van der Waals surface area contributed by atoms with E-state index in [-0.39, 0.29) is 17.5 Å². The van der Waals surface area contributed by atoms with Gasteiger partial charge in [0.15, 0.2) is 0 Å². The summed E-state index contributed by atoms with van der Waals surface area (Å²) in [6.07, 6.45) is 0.644. The number of rotatable bonds is 4. The van der Waals surface area contributed by atoms with Gasteiger partial charge in [-0.25, -0.2) is 4.39 Å². The lowest BCUT2D eigenvalue weighted by atomic mass is 9.79. The van der Waals surface area contributed by atoms with Crippen LogP contribution in [0.25, 0.3) is 0 Å². The highest BCUT2D eigenvalue weighted by Crippen LogP contribution is 2.35. The molecule has 0 saturated carbocycles. The normalized spacial score (nSPS) is 20.0. The Morgan fingerprint density at radius 1 is 1.23 bits per heavy atom. The second-order valence-corrected chi connectivity index (χ2v) is 6.38. The maximum absolute atomic E-state index is 13.9. The number of carbonyl (C=O) groups is 2. The topological polar surface area (TPSA) is 58.6 Å². The molecule has 3 rings (SSSR count). The van der Waals surface area contributed by atoms with Crippen LogP contribution in [0, 0.1) is 11.7 Å². The number of para-hydroxylation sites is 1. The number of piperidine rings is 1. The van der Waals surface area contributed by atoms with Gasteiger partial charge in [0, 0.05) is 19.5 Å². The van der Waals surface area contributed by atoms with Crippen LogP contribution in [0.2, 0.25) is 0 Å². The lowest BCUT2D eigenvalue weighted by molar-refractivity contribution is -0.143. The molecule has 6 heteroatoms. The van der Waals surface area contributed by atoms with Crippen LogP contribution in [0.3, 0.4) is 0 Å². The molecule has 1 fully saturated rings. The lowest BCUT2D eigenvalue weighted by Crippen LogP contribution is -2.47. The predicted octanol–water partition coefficient (Wildman–Crippen LogP) is 3.03. The van der Waals surface area contributed by atoms with Gasteiger partial charge in [0.2, 0.25) is 11.8 Å². The number of methoxy groups -OCH3 is 1. The van der Waals surface area contributed by atoms with Gasteiger partial charge in [-0.2, -0.15) is 0 Å². The van der Waals surface area contributed by atoms with Crippen molar-refractivity contribution in [3.63, 3.8) is 0 Å². The summed E-state index contributed by atoms with van der Waals surface area (Å²) < 4.78 is 19.1. The summed E-state index contributed by atoms with van der Waals surface area (Å²) in [5, 5.41) is 2.57. The molecule has 0 spiro atoms. The SMILES string of the molecule is COc1cccc(C2CCN(C)C(=O)C2C(=O)Nc2ccccc2F)c1. The second kappa shape index (κ2) is 7.56. The number of likely N-dealkylation sites (tertiary alicyclic amines) is 1. The molecule has 5 nitrogen and oxygen atoms in total. The molecular formula is C20H21FN2O3. The van der Waals surface area contributed by atoms with E-state index in [0.29, 0.717) is 18.7 Å². The van der Waals surface area contributed by atoms with Gasteiger partial charge in [0.25, 0.3) is 0 Å². The fraction of sp³-hybridized carbons (Fsp3) is 0.300. The van der Waals surface area contributed by atoms with Crippen molar-refractivity contribution in [1.29, 1.82) is 0 Å². The zero-order chi connectivity index (χ0) is 18.7. The summed E-state index contributed by atoms with van der Waals surface area (Å²) in [6, 6.07) is 13.3. The number of nitrogens with one attached hydrogen (secondary N) is 1. The molecule has 1 aliphatic heterocycles. The van der Waals surface area contributed by atoms with Crippen LogP contribution in [0.15, 0.2) is 48.5 Å². The van der Waals surface area contributed by atoms with Crippen LogP contribution in [0.5, 0.6) is 5.75 Å². The number of anilines is 1. The van der Waals surface area contributed by atoms with Gasteiger partial charge in [-0.15, -0.1) is 0 Å². The molecule has 1 heterocycles. The third-order valence-corrected chi connectivity index (χ3v) is 4.76. The average Bonchev–Trinajstić information content (AvgIpc) is 2.65. The molecule has 2 aromatic rings. The first-order valence-electron chi connectivity index (χ1n) is 8.45. The van der Waals surface area contributed by atoms with Crippen molar-refractivity contribution in [1.82, 2.24) is 4.90 Å². The first-order chi connectivity index (χ1) is 12.5. The van der Waals surface area contributed by atoms with E-state index >= 15 is 0 Å². The van der Waals surface area contributed by atoms with Gasteiger partial charge in [-0.3, -0.25) is 9.59 Å². The van der Waals surface area contributed by atoms with E-state index in [9.17, 15) is 14.0 Å². The van der Waals surface area contributed by atoms with E-state index in [1.165, 1.54) is 12.1 Å². The average molecular weight is 356 g/mol. The monoisotopic (exact) mass is 356 g/mol. The number of hydrogen-bond acceptors (Lipinski definition) is 3. The molecule has 26 heavy (non-hydrogen) atoms. The van der Waals surface area contributed by atoms with Crippen molar-refractivity contribution in [3.05, 3.63) is 59.9 Å². The van der Waals surface area contributed by atoms with Crippen LogP contribution in [-0.2, 0) is 9.59 Å². The standard InChI is InChI=1S/C20H21FN2O3/c1-23-11-10-15(13-6-5-7-14(12-13)26-2)18(20(23)25)19(24)22-17-9-4-3-8-16(17)21/h3-9,12,15,18H,10-11H2,1-2H3,(H,22,24). The number of carbonyl (C=O) groups excluding carboxylic acids is 2. The Balaban J connectivity index is 1.91. The first kappa shape index (κ1) is 17.9. The van der Waals surface area contributed by atoms with Gasteiger partial charge in [-0.05, 0) is 36.2 Å². The largest absolute Gasteiger partial charge is 0.497 e. The van der Waals surface area contributed by atoms with Crippen LogP contribution in [-0.4, -0.2) is 37.4 Å². The number of benzene rings is 2. The molecular weight excluding hydrogens is 335 g/mol. The molecule has 2 aromatic carbocycles. The Morgan fingerprint density at radius 3 is 2.73 bits per heavy atom. The molecule has 2 unspecified atom stereocenters. The molecule has 0 aromatic heterocycles. The maximum Gasteiger partial charge on any atom is 0.237 e. The fourth-order valence-corrected chi connectivity index (χ4v) is 3.32. The van der Waals surface area contributed by atoms with Crippen molar-refractivity contribution >= 4 is 17.5 Å². The summed E-state index contributed by atoms with van der Waals surface area (Å²) in [6.45, 7) is 0.560. The molecule has 1 aliphatic rings. The molecule has 1 N–H and O–H groups in total. The van der Waals surface area contributed by atoms with Gasteiger partial charge in [-0.1, -0.05) is 24.3 Å². The van der Waals surface area contributed by atoms with Gasteiger partial charge in [0.1, 0.15) is 17.5 Å². The molecule has 2 amide bonds. The highest BCUT2D eigenvalue weighted by atomic mass is 19.1. The molecule has 1 saturated heterocycles. The van der Waals surface area contributed by atoms with E-state index in [0.717, 1.165) is 5.56 Å². The number of halogens is 1. The van der Waals surface area contributed by atoms with Gasteiger partial charge < -0.3 is 15.0 Å². The van der Waals surface area contributed by atoms with Crippen molar-refractivity contribution in [3.8, 4) is 5.75 Å². The Kier molecular flexibility index (Phi) is 5.21. The van der Waals surface area contributed by atoms with Crippen LogP contribution < -0.4 is 10.1 Å². The minimum Gasteiger partial charge on any atom is -0.497 e. The summed E-state index contributed by atoms with van der Waals surface area (Å²) in [4.78, 5) is 27.1. The Bertz CT molecular complexity index is 824. The quantitative estimate of drug-likeness (QED) is 0.857. The van der Waals surface area contributed by atoms with Crippen LogP contribution in [0.1, 0.15) is 17.9 Å². The number of amides is 2. The third-order valence-electron chi connectivity index (χ3n) is 4.76. The number of hydrogen-bond donors (Lipinski definition) is 1. The summed E-state index contributed by atoms with van der Waals surface area (Å²) in [5.74, 6) is -1.84. The van der Waals surface area contributed by atoms with Crippen LogP contribution >= 0.6 is 0 Å². The second-order valence-electron chi connectivity index (χ2n) is 6.38. The van der Waals surface area contributed by atoms with Crippen molar-refractivity contribution < 1.29 is 18.7 Å². The third kappa shape index (κ3) is 3.54. The first-order valence-corrected chi connectivity index (χ1v) is 8.45. The Labute approximate surface area is 151 Å². The van der Waals surface area contributed by atoms with E-state index in [4.69, 9.17) is 4.74 Å². The Hall–Kier alpha value is -2.89. The lowest BCUT2D eigenvalue weighted by Gasteiger charge is -2.35. The summed E-state index contributed by atoms with van der Waals surface area (Å²) in [7, 11) is 3.24. The molecule has 2 atom stereocenters. The number of nitrogens with zero attached hydrogens (tertiary/aromatic N) is 1. The molecule has 0 bridgehead atoms. The minimum atomic E-state index is -0.916. The van der Waals surface area contributed by atoms with Crippen LogP contribution in [0.4, 0.5) is 10.1 Å². The highest BCUT2D eigenvalue weighted by molar-refractivity contribution is 6.07. The van der Waals surface area contributed by atoms with Gasteiger partial charge in [0.05, 0.1) is 12.8 Å². The van der Waals surface area contributed by atoms with Crippen molar-refractivity contribution in [2.24, 2.45) is 5.92 Å². The van der Waals surface area contributed by atoms with Crippen molar-refractivity contribution in [2.45, 2.75) is 12.3 Å². The van der Waals surface area contributed by atoms with Gasteiger partial charge >= 0.3 is 0 Å². The number of ether oxygens (including phenoxy) is 1. The molecule has 136 valence electrons. The van der Waals surface area contributed by atoms with E-state index < -0.39 is 17.6 Å². The summed E-state index contributed by atoms with van der Waals surface area (Å²) >= 11 is 0. The fourth-order valence-electron chi connectivity index (χ4n) is 3.32. The van der Waals surface area contributed by atoms with E-state index in [2.05, 4.69) is 5.32 Å². The van der Waals surface area contributed by atoms with E-state index in [1.807, 2.05) is 24.3 Å². The predicted molar refractivity (Wildman–Crippen MR) is 96.5 cm³/mol. The van der Waals surface area contributed by atoms with E-state index in [1.54, 1.807) is 31.2 Å². The highest BCUT2D eigenvalue weighted by Gasteiger charge is 2.41. The maximum atomic E-state index is 13.9. The smallest absolute Gasteiger partial charge is 0.237 e. The summed E-state index contributed by atoms with van der Waals surface area (Å²) in [5.41, 5.74) is 0.933. The van der Waals surface area contributed by atoms with Crippen molar-refractivity contribution in [2.75, 3.05) is 26.0 Å². The molecule has 0 aliphatic carbocycles. The zero-order valence-corrected chi connectivity index (χ0v) is 14.7.